The van der Waals surface area contributed by atoms with E-state index >= 15 is 0 Å². The molecule has 1 unspecified atom stereocenters. The van der Waals surface area contributed by atoms with Gasteiger partial charge in [0.25, 0.3) is 0 Å². The molecule has 6 heteroatoms. The molecule has 24 heavy (non-hydrogen) atoms. The number of nitrogens with one attached hydrogen (secondary N) is 2. The fourth-order valence-corrected chi connectivity index (χ4v) is 2.95. The summed E-state index contributed by atoms with van der Waals surface area (Å²) < 4.78 is 5.22. The minimum atomic E-state index is -1.17. The normalized spacial score (nSPS) is 20.0. The van der Waals surface area contributed by atoms with E-state index in [1.54, 1.807) is 33.9 Å². The summed E-state index contributed by atoms with van der Waals surface area (Å²) in [5.74, 6) is -0.692. The van der Waals surface area contributed by atoms with Gasteiger partial charge in [-0.05, 0) is 63.3 Å². The zero-order valence-corrected chi connectivity index (χ0v) is 14.7. The number of carbonyl (C=O) groups excluding carboxylic acids is 2. The zero-order chi connectivity index (χ0) is 18.0. The molecule has 132 valence electrons. The molecule has 6 nitrogen and oxygen atoms in total. The molecule has 1 aromatic carbocycles. The molecule has 3 N–H and O–H groups in total. The van der Waals surface area contributed by atoms with Crippen LogP contribution in [-0.2, 0) is 21.6 Å². The van der Waals surface area contributed by atoms with Gasteiger partial charge in [0, 0.05) is 5.54 Å². The van der Waals surface area contributed by atoms with Crippen LogP contribution in [-0.4, -0.2) is 36.1 Å². The molecule has 0 heterocycles. The molecule has 0 aliphatic heterocycles. The van der Waals surface area contributed by atoms with Gasteiger partial charge in [0.2, 0.25) is 0 Å². The van der Waals surface area contributed by atoms with E-state index in [4.69, 9.17) is 4.74 Å². The number of ether oxygens (including phenoxy) is 1. The number of rotatable bonds is 3. The van der Waals surface area contributed by atoms with Crippen molar-refractivity contribution in [1.82, 2.24) is 10.6 Å². The van der Waals surface area contributed by atoms with Crippen LogP contribution in [0.2, 0.25) is 0 Å². The van der Waals surface area contributed by atoms with E-state index in [1.807, 2.05) is 12.1 Å². The predicted molar refractivity (Wildman–Crippen MR) is 90.7 cm³/mol. The monoisotopic (exact) mass is 334 g/mol. The Hall–Kier alpha value is -2.08. The van der Waals surface area contributed by atoms with Gasteiger partial charge in [0.1, 0.15) is 11.4 Å². The maximum absolute atomic E-state index is 12.0. The summed E-state index contributed by atoms with van der Waals surface area (Å²) in [6.45, 7) is 5.41. The Morgan fingerprint density at radius 3 is 2.62 bits per heavy atom. The fourth-order valence-electron chi connectivity index (χ4n) is 2.95. The molecule has 0 aromatic heterocycles. The lowest BCUT2D eigenvalue weighted by molar-refractivity contribution is -0.140. The van der Waals surface area contributed by atoms with Gasteiger partial charge in [0.05, 0.1) is 13.7 Å². The number of fused-ring (bicyclic) bond motifs is 1. The van der Waals surface area contributed by atoms with Gasteiger partial charge in [-0.2, -0.15) is 0 Å². The molecule has 0 saturated heterocycles. The van der Waals surface area contributed by atoms with E-state index in [1.165, 1.54) is 0 Å². The molecular formula is C18H26N2O4. The summed E-state index contributed by atoms with van der Waals surface area (Å²) in [6.07, 6.45) is 2.20. The fraction of sp³-hybridized carbons (Fsp3) is 0.556. The minimum absolute atomic E-state index is 0.00270. The summed E-state index contributed by atoms with van der Waals surface area (Å²) in [5, 5.41) is 16.1. The standard InChI is InChI=1S/C18H26N2O4/c1-17(2,3)20-16(22)15(21)19-11-18(23)9-5-6-12-10-13(24-4)7-8-14(12)18/h7-8,10,23H,5-6,9,11H2,1-4H3,(H,19,21)(H,20,22). The summed E-state index contributed by atoms with van der Waals surface area (Å²) >= 11 is 0. The van der Waals surface area contributed by atoms with Crippen molar-refractivity contribution < 1.29 is 19.4 Å². The minimum Gasteiger partial charge on any atom is -0.497 e. The van der Waals surface area contributed by atoms with Crippen molar-refractivity contribution in [2.24, 2.45) is 0 Å². The zero-order valence-electron chi connectivity index (χ0n) is 14.7. The SMILES string of the molecule is COc1ccc2c(c1)CCCC2(O)CNC(=O)C(=O)NC(C)(C)C. The van der Waals surface area contributed by atoms with Gasteiger partial charge in [-0.25, -0.2) is 0 Å². The van der Waals surface area contributed by atoms with Gasteiger partial charge in [0.15, 0.2) is 0 Å². The molecule has 0 saturated carbocycles. The van der Waals surface area contributed by atoms with E-state index in [2.05, 4.69) is 10.6 Å². The Morgan fingerprint density at radius 2 is 2.00 bits per heavy atom. The lowest BCUT2D eigenvalue weighted by Crippen LogP contribution is -2.51. The maximum Gasteiger partial charge on any atom is 0.309 e. The molecule has 1 aromatic rings. The Morgan fingerprint density at radius 1 is 1.29 bits per heavy atom. The molecule has 0 fully saturated rings. The second-order valence-corrected chi connectivity index (χ2v) is 7.30. The molecule has 0 radical (unpaired) electrons. The van der Waals surface area contributed by atoms with Crippen LogP contribution in [0.25, 0.3) is 0 Å². The number of hydrogen-bond acceptors (Lipinski definition) is 4. The number of methoxy groups -OCH3 is 1. The van der Waals surface area contributed by atoms with Crippen molar-refractivity contribution in [3.05, 3.63) is 29.3 Å². The largest absolute Gasteiger partial charge is 0.497 e. The summed E-state index contributed by atoms with van der Waals surface area (Å²) in [7, 11) is 1.60. The first-order valence-corrected chi connectivity index (χ1v) is 8.15. The van der Waals surface area contributed by atoms with E-state index in [0.717, 1.165) is 29.7 Å². The highest BCUT2D eigenvalue weighted by Crippen LogP contribution is 2.36. The Bertz CT molecular complexity index is 636. The number of amides is 2. The third-order valence-corrected chi connectivity index (χ3v) is 4.09. The highest BCUT2D eigenvalue weighted by Gasteiger charge is 2.35. The molecule has 1 aliphatic rings. The van der Waals surface area contributed by atoms with Crippen LogP contribution in [0.3, 0.4) is 0 Å². The van der Waals surface area contributed by atoms with E-state index < -0.39 is 23.0 Å². The summed E-state index contributed by atoms with van der Waals surface area (Å²) in [4.78, 5) is 23.8. The van der Waals surface area contributed by atoms with Crippen LogP contribution >= 0.6 is 0 Å². The van der Waals surface area contributed by atoms with Crippen molar-refractivity contribution in [3.8, 4) is 5.75 Å². The van der Waals surface area contributed by atoms with Crippen molar-refractivity contribution in [3.63, 3.8) is 0 Å². The first-order chi connectivity index (χ1) is 11.1. The Labute approximate surface area is 142 Å². The highest BCUT2D eigenvalue weighted by atomic mass is 16.5. The van der Waals surface area contributed by atoms with Gasteiger partial charge in [-0.3, -0.25) is 9.59 Å². The smallest absolute Gasteiger partial charge is 0.309 e. The summed E-state index contributed by atoms with van der Waals surface area (Å²) in [5.41, 5.74) is 0.138. The van der Waals surface area contributed by atoms with Gasteiger partial charge >= 0.3 is 11.8 Å². The molecule has 2 rings (SSSR count). The topological polar surface area (TPSA) is 87.7 Å². The number of carbonyl (C=O) groups is 2. The first kappa shape index (κ1) is 18.3. The average Bonchev–Trinajstić information content (AvgIpc) is 2.51. The molecule has 1 aliphatic carbocycles. The molecule has 2 amide bonds. The van der Waals surface area contributed by atoms with Crippen molar-refractivity contribution >= 4 is 11.8 Å². The first-order valence-electron chi connectivity index (χ1n) is 8.15. The van der Waals surface area contributed by atoms with Crippen LogP contribution in [0.5, 0.6) is 5.75 Å². The van der Waals surface area contributed by atoms with E-state index in [9.17, 15) is 14.7 Å². The highest BCUT2D eigenvalue weighted by molar-refractivity contribution is 6.35. The average molecular weight is 334 g/mol. The number of hydrogen-bond donors (Lipinski definition) is 3. The lowest BCUT2D eigenvalue weighted by Gasteiger charge is -2.35. The van der Waals surface area contributed by atoms with Crippen LogP contribution < -0.4 is 15.4 Å². The molecular weight excluding hydrogens is 308 g/mol. The maximum atomic E-state index is 12.0. The molecule has 0 bridgehead atoms. The lowest BCUT2D eigenvalue weighted by atomic mass is 9.79. The number of aryl methyl sites for hydroxylation is 1. The number of aliphatic hydroxyl groups is 1. The van der Waals surface area contributed by atoms with Crippen LogP contribution in [0, 0.1) is 0 Å². The Balaban J connectivity index is 2.08. The summed E-state index contributed by atoms with van der Waals surface area (Å²) in [6, 6.07) is 5.53. The second-order valence-electron chi connectivity index (χ2n) is 7.30. The molecule has 1 atom stereocenters. The van der Waals surface area contributed by atoms with E-state index in [0.29, 0.717) is 6.42 Å². The second kappa shape index (κ2) is 6.81. The van der Waals surface area contributed by atoms with Crippen LogP contribution in [0.4, 0.5) is 0 Å². The molecule has 0 spiro atoms. The van der Waals surface area contributed by atoms with Gasteiger partial charge < -0.3 is 20.5 Å². The van der Waals surface area contributed by atoms with Crippen molar-refractivity contribution in [2.45, 2.75) is 51.2 Å². The van der Waals surface area contributed by atoms with Gasteiger partial charge in [-0.15, -0.1) is 0 Å². The third-order valence-electron chi connectivity index (χ3n) is 4.09. The van der Waals surface area contributed by atoms with Gasteiger partial charge in [-0.1, -0.05) is 6.07 Å². The Kier molecular flexibility index (Phi) is 5.18. The van der Waals surface area contributed by atoms with Crippen LogP contribution in [0.1, 0.15) is 44.7 Å². The van der Waals surface area contributed by atoms with Crippen molar-refractivity contribution in [1.29, 1.82) is 0 Å². The predicted octanol–water partition coefficient (Wildman–Crippen LogP) is 1.25. The third kappa shape index (κ3) is 4.26. The van der Waals surface area contributed by atoms with Crippen LogP contribution in [0.15, 0.2) is 18.2 Å². The van der Waals surface area contributed by atoms with Crippen molar-refractivity contribution in [2.75, 3.05) is 13.7 Å². The van der Waals surface area contributed by atoms with E-state index in [-0.39, 0.29) is 6.54 Å². The number of benzene rings is 1. The quantitative estimate of drug-likeness (QED) is 0.726.